The lowest BCUT2D eigenvalue weighted by molar-refractivity contribution is -0.148. The molecular weight excluding hydrogens is 458 g/mol. The number of ketones is 1. The number of aromatic nitrogens is 1. The molecule has 0 aliphatic carbocycles. The van der Waals surface area contributed by atoms with Crippen LogP contribution in [0.5, 0.6) is 5.75 Å². The maximum absolute atomic E-state index is 12.7. The minimum atomic E-state index is -1.16. The Hall–Kier alpha value is -4.64. The molecule has 0 aliphatic rings. The average Bonchev–Trinajstić information content (AvgIpc) is 3.14. The third-order valence-electron chi connectivity index (χ3n) is 5.63. The molecule has 0 fully saturated rings. The van der Waals surface area contributed by atoms with Crippen molar-refractivity contribution in [2.75, 3.05) is 12.4 Å². The lowest BCUT2D eigenvalue weighted by atomic mass is 10.1. The molecule has 0 saturated heterocycles. The zero-order chi connectivity index (χ0) is 26.4. The van der Waals surface area contributed by atoms with Gasteiger partial charge in [-0.05, 0) is 81.8 Å². The molecule has 1 heterocycles. The Balaban J connectivity index is 1.76. The Labute approximate surface area is 209 Å². The number of carbonyl (C=O) groups excluding carboxylic acids is 3. The first-order valence-electron chi connectivity index (χ1n) is 11.2. The summed E-state index contributed by atoms with van der Waals surface area (Å²) >= 11 is 0. The highest BCUT2D eigenvalue weighted by molar-refractivity contribution is 6.02. The summed E-state index contributed by atoms with van der Waals surface area (Å²) in [5.41, 5.74) is 3.94. The third kappa shape index (κ3) is 5.88. The fourth-order valence-corrected chi connectivity index (χ4v) is 3.69. The van der Waals surface area contributed by atoms with Crippen LogP contribution >= 0.6 is 0 Å². The predicted octanol–water partition coefficient (Wildman–Crippen LogP) is 4.78. The summed E-state index contributed by atoms with van der Waals surface area (Å²) in [5, 5.41) is 12.2. The summed E-state index contributed by atoms with van der Waals surface area (Å²) in [4.78, 5) is 36.7. The Kier molecular flexibility index (Phi) is 8.07. The Bertz CT molecular complexity index is 1380. The number of methoxy groups -OCH3 is 1. The zero-order valence-electron chi connectivity index (χ0n) is 20.8. The first-order chi connectivity index (χ1) is 17.1. The van der Waals surface area contributed by atoms with Gasteiger partial charge in [0.2, 0.25) is 0 Å². The van der Waals surface area contributed by atoms with Crippen LogP contribution in [0.3, 0.4) is 0 Å². The molecule has 0 aliphatic heterocycles. The van der Waals surface area contributed by atoms with Gasteiger partial charge in [-0.1, -0.05) is 12.1 Å². The molecule has 36 heavy (non-hydrogen) atoms. The van der Waals surface area contributed by atoms with E-state index in [0.29, 0.717) is 16.8 Å². The third-order valence-corrected chi connectivity index (χ3v) is 5.63. The SMILES string of the molecule is COc1ccc(-n2c(C)cc(/C=C(\C#N)C(=O)OC(C)C(=O)Nc3cccc(C(C)=O)c3)c2C)cc1. The average molecular weight is 486 g/mol. The van der Waals surface area contributed by atoms with Gasteiger partial charge in [-0.25, -0.2) is 4.79 Å². The summed E-state index contributed by atoms with van der Waals surface area (Å²) in [6.07, 6.45) is 0.285. The van der Waals surface area contributed by atoms with E-state index in [1.807, 2.05) is 54.8 Å². The monoisotopic (exact) mass is 485 g/mol. The first kappa shape index (κ1) is 26.0. The van der Waals surface area contributed by atoms with Crippen molar-refractivity contribution in [2.24, 2.45) is 0 Å². The Morgan fingerprint density at radius 2 is 1.78 bits per heavy atom. The van der Waals surface area contributed by atoms with E-state index >= 15 is 0 Å². The number of Topliss-reactive ketones (excluding diaryl/α,β-unsaturated/α-hetero) is 1. The summed E-state index contributed by atoms with van der Waals surface area (Å²) in [7, 11) is 1.60. The maximum Gasteiger partial charge on any atom is 0.349 e. The fourth-order valence-electron chi connectivity index (χ4n) is 3.69. The second kappa shape index (κ2) is 11.2. The van der Waals surface area contributed by atoms with Gasteiger partial charge in [0.1, 0.15) is 17.4 Å². The molecule has 0 saturated carbocycles. The maximum atomic E-state index is 12.7. The molecule has 2 aromatic carbocycles. The second-order valence-corrected chi connectivity index (χ2v) is 8.20. The highest BCUT2D eigenvalue weighted by atomic mass is 16.5. The van der Waals surface area contributed by atoms with Gasteiger partial charge in [0, 0.05) is 28.3 Å². The molecule has 1 N–H and O–H groups in total. The van der Waals surface area contributed by atoms with Gasteiger partial charge in [-0.15, -0.1) is 0 Å². The summed E-state index contributed by atoms with van der Waals surface area (Å²) in [6, 6.07) is 17.7. The summed E-state index contributed by atoms with van der Waals surface area (Å²) in [6.45, 7) is 6.64. The smallest absolute Gasteiger partial charge is 0.349 e. The minimum absolute atomic E-state index is 0.138. The van der Waals surface area contributed by atoms with Crippen molar-refractivity contribution >= 4 is 29.4 Å². The molecule has 3 aromatic rings. The topological polar surface area (TPSA) is 110 Å². The number of ether oxygens (including phenoxy) is 2. The van der Waals surface area contributed by atoms with Crippen molar-refractivity contribution < 1.29 is 23.9 Å². The minimum Gasteiger partial charge on any atom is -0.497 e. The standard InChI is InChI=1S/C28H27N3O5/c1-17-13-22(18(2)31(17)25-9-11-26(35-5)12-10-25)14-23(16-29)28(34)36-20(4)27(33)30-24-8-6-7-21(15-24)19(3)32/h6-15,20H,1-5H3,(H,30,33)/b23-14+. The number of hydrogen-bond acceptors (Lipinski definition) is 6. The van der Waals surface area contributed by atoms with Crippen molar-refractivity contribution in [3.8, 4) is 17.5 Å². The van der Waals surface area contributed by atoms with E-state index < -0.39 is 18.0 Å². The van der Waals surface area contributed by atoms with E-state index in [1.165, 1.54) is 26.0 Å². The number of amides is 1. The van der Waals surface area contributed by atoms with Crippen molar-refractivity contribution in [3.63, 3.8) is 0 Å². The number of rotatable bonds is 8. The van der Waals surface area contributed by atoms with E-state index in [2.05, 4.69) is 5.32 Å². The molecule has 0 radical (unpaired) electrons. The Morgan fingerprint density at radius 1 is 1.08 bits per heavy atom. The lowest BCUT2D eigenvalue weighted by Gasteiger charge is -2.13. The van der Waals surface area contributed by atoms with E-state index in [9.17, 15) is 19.6 Å². The molecule has 1 unspecified atom stereocenters. The highest BCUT2D eigenvalue weighted by Gasteiger charge is 2.22. The number of esters is 1. The van der Waals surface area contributed by atoms with Gasteiger partial charge in [0.05, 0.1) is 7.11 Å². The van der Waals surface area contributed by atoms with Crippen LogP contribution in [0.25, 0.3) is 11.8 Å². The van der Waals surface area contributed by atoms with Crippen LogP contribution in [0.1, 0.15) is 41.2 Å². The van der Waals surface area contributed by atoms with Gasteiger partial charge in [0.25, 0.3) is 5.91 Å². The van der Waals surface area contributed by atoms with Crippen LogP contribution in [-0.2, 0) is 14.3 Å². The molecule has 1 amide bonds. The van der Waals surface area contributed by atoms with Crippen LogP contribution in [0.2, 0.25) is 0 Å². The van der Waals surface area contributed by atoms with Crippen LogP contribution in [0.4, 0.5) is 5.69 Å². The predicted molar refractivity (Wildman–Crippen MR) is 136 cm³/mol. The van der Waals surface area contributed by atoms with E-state index in [4.69, 9.17) is 9.47 Å². The number of anilines is 1. The van der Waals surface area contributed by atoms with Gasteiger partial charge >= 0.3 is 5.97 Å². The van der Waals surface area contributed by atoms with Crippen molar-refractivity contribution in [3.05, 3.63) is 82.7 Å². The van der Waals surface area contributed by atoms with Gasteiger partial charge in [0.15, 0.2) is 11.9 Å². The van der Waals surface area contributed by atoms with Crippen LogP contribution < -0.4 is 10.1 Å². The highest BCUT2D eigenvalue weighted by Crippen LogP contribution is 2.24. The number of carbonyl (C=O) groups is 3. The molecule has 1 atom stereocenters. The van der Waals surface area contributed by atoms with Crippen molar-refractivity contribution in [1.29, 1.82) is 5.26 Å². The normalized spacial score (nSPS) is 11.8. The largest absolute Gasteiger partial charge is 0.497 e. The number of nitrogens with zero attached hydrogens (tertiary/aromatic N) is 2. The lowest BCUT2D eigenvalue weighted by Crippen LogP contribution is -2.30. The van der Waals surface area contributed by atoms with Crippen LogP contribution in [0.15, 0.2) is 60.2 Å². The van der Waals surface area contributed by atoms with Crippen molar-refractivity contribution in [2.45, 2.75) is 33.8 Å². The first-order valence-corrected chi connectivity index (χ1v) is 11.2. The van der Waals surface area contributed by atoms with Crippen molar-refractivity contribution in [1.82, 2.24) is 4.57 Å². The number of benzene rings is 2. The molecule has 8 heteroatoms. The fraction of sp³-hybridized carbons (Fsp3) is 0.214. The van der Waals surface area contributed by atoms with E-state index in [0.717, 1.165) is 22.8 Å². The summed E-state index contributed by atoms with van der Waals surface area (Å²) < 4.78 is 12.5. The molecule has 184 valence electrons. The van der Waals surface area contributed by atoms with Crippen LogP contribution in [-0.4, -0.2) is 35.4 Å². The summed E-state index contributed by atoms with van der Waals surface area (Å²) in [5.74, 6) is -0.896. The zero-order valence-corrected chi connectivity index (χ0v) is 20.8. The van der Waals surface area contributed by atoms with Gasteiger partial charge in [-0.2, -0.15) is 5.26 Å². The van der Waals surface area contributed by atoms with Crippen LogP contribution in [0, 0.1) is 25.2 Å². The number of aryl methyl sites for hydroxylation is 1. The molecular formula is C28H27N3O5. The van der Waals surface area contributed by atoms with E-state index in [1.54, 1.807) is 25.3 Å². The van der Waals surface area contributed by atoms with Gasteiger partial charge in [-0.3, -0.25) is 9.59 Å². The molecule has 0 spiro atoms. The van der Waals surface area contributed by atoms with E-state index in [-0.39, 0.29) is 11.4 Å². The molecule has 8 nitrogen and oxygen atoms in total. The number of nitriles is 1. The second-order valence-electron chi connectivity index (χ2n) is 8.20. The number of nitrogens with one attached hydrogen (secondary N) is 1. The number of hydrogen-bond donors (Lipinski definition) is 1. The molecule has 1 aromatic heterocycles. The molecule has 0 bridgehead atoms. The molecule has 3 rings (SSSR count). The van der Waals surface area contributed by atoms with Gasteiger partial charge < -0.3 is 19.4 Å². The quantitative estimate of drug-likeness (QED) is 0.213. The Morgan fingerprint density at radius 3 is 2.39 bits per heavy atom.